The van der Waals surface area contributed by atoms with E-state index < -0.39 is 0 Å². The number of nitrogens with one attached hydrogen (secondary N) is 1. The summed E-state index contributed by atoms with van der Waals surface area (Å²) in [5, 5.41) is 22.1. The molecule has 104 valence electrons. The number of amides is 1. The molecule has 2 aromatic carbocycles. The molecule has 0 aliphatic heterocycles. The summed E-state index contributed by atoms with van der Waals surface area (Å²) in [4.78, 5) is 11.9. The Hall–Kier alpha value is -1.91. The third-order valence-electron chi connectivity index (χ3n) is 2.55. The van der Waals surface area contributed by atoms with Crippen LogP contribution in [-0.4, -0.2) is 16.1 Å². The van der Waals surface area contributed by atoms with Crippen LogP contribution in [0.1, 0.15) is 5.56 Å². The first-order chi connectivity index (χ1) is 9.44. The van der Waals surface area contributed by atoms with Gasteiger partial charge in [-0.05, 0) is 35.9 Å². The number of hydrogen-bond donors (Lipinski definition) is 3. The molecular weight excluding hydrogens is 301 g/mol. The van der Waals surface area contributed by atoms with Gasteiger partial charge in [0.1, 0.15) is 0 Å². The van der Waals surface area contributed by atoms with Crippen molar-refractivity contribution in [2.45, 2.75) is 6.42 Å². The van der Waals surface area contributed by atoms with Gasteiger partial charge < -0.3 is 15.5 Å². The molecule has 0 aromatic heterocycles. The van der Waals surface area contributed by atoms with E-state index in [0.29, 0.717) is 21.3 Å². The Morgan fingerprint density at radius 3 is 2.25 bits per heavy atom. The van der Waals surface area contributed by atoms with E-state index in [1.54, 1.807) is 24.3 Å². The lowest BCUT2D eigenvalue weighted by Gasteiger charge is -2.07. The topological polar surface area (TPSA) is 69.6 Å². The number of aromatic hydroxyl groups is 2. The summed E-state index contributed by atoms with van der Waals surface area (Å²) in [7, 11) is 0. The van der Waals surface area contributed by atoms with Crippen molar-refractivity contribution in [2.75, 3.05) is 5.32 Å². The van der Waals surface area contributed by atoms with E-state index in [2.05, 4.69) is 5.32 Å². The van der Waals surface area contributed by atoms with Crippen molar-refractivity contribution in [1.82, 2.24) is 0 Å². The quantitative estimate of drug-likeness (QED) is 0.759. The Kier molecular flexibility index (Phi) is 4.37. The third-order valence-corrected chi connectivity index (χ3v) is 2.99. The van der Waals surface area contributed by atoms with Crippen molar-refractivity contribution < 1.29 is 15.0 Å². The van der Waals surface area contributed by atoms with E-state index >= 15 is 0 Å². The van der Waals surface area contributed by atoms with E-state index in [0.717, 1.165) is 0 Å². The van der Waals surface area contributed by atoms with E-state index in [4.69, 9.17) is 23.2 Å². The molecule has 4 nitrogen and oxygen atoms in total. The second-order valence-electron chi connectivity index (χ2n) is 4.21. The molecule has 0 aliphatic rings. The Morgan fingerprint density at radius 2 is 1.65 bits per heavy atom. The zero-order valence-corrected chi connectivity index (χ0v) is 11.7. The predicted molar refractivity (Wildman–Crippen MR) is 78.6 cm³/mol. The van der Waals surface area contributed by atoms with Crippen molar-refractivity contribution >= 4 is 34.8 Å². The summed E-state index contributed by atoms with van der Waals surface area (Å²) >= 11 is 11.7. The maximum atomic E-state index is 11.9. The van der Waals surface area contributed by atoms with Crippen molar-refractivity contribution in [3.63, 3.8) is 0 Å². The number of hydrogen-bond acceptors (Lipinski definition) is 3. The number of anilines is 1. The minimum Gasteiger partial charge on any atom is -0.504 e. The predicted octanol–water partition coefficient (Wildman–Crippen LogP) is 3.59. The maximum absolute atomic E-state index is 11.9. The molecule has 0 spiro atoms. The fourth-order valence-corrected chi connectivity index (χ4v) is 2.22. The fourth-order valence-electron chi connectivity index (χ4n) is 1.70. The highest BCUT2D eigenvalue weighted by Crippen LogP contribution is 2.26. The molecule has 0 radical (unpaired) electrons. The van der Waals surface area contributed by atoms with Crippen LogP contribution in [0.3, 0.4) is 0 Å². The number of phenolic OH excluding ortho intramolecular Hbond substituents is 2. The first-order valence-electron chi connectivity index (χ1n) is 5.71. The average Bonchev–Trinajstić information content (AvgIpc) is 2.32. The van der Waals surface area contributed by atoms with Gasteiger partial charge in [0, 0.05) is 15.7 Å². The first kappa shape index (κ1) is 14.5. The Bertz CT molecular complexity index is 639. The first-order valence-corrected chi connectivity index (χ1v) is 6.46. The van der Waals surface area contributed by atoms with E-state index in [1.165, 1.54) is 12.1 Å². The monoisotopic (exact) mass is 311 g/mol. The minimum atomic E-state index is -0.284. The molecular formula is C14H11Cl2NO3. The number of benzene rings is 2. The maximum Gasteiger partial charge on any atom is 0.228 e. The van der Waals surface area contributed by atoms with Crippen LogP contribution in [0.25, 0.3) is 0 Å². The molecule has 6 heteroatoms. The lowest BCUT2D eigenvalue weighted by molar-refractivity contribution is -0.115. The van der Waals surface area contributed by atoms with E-state index in [9.17, 15) is 15.0 Å². The highest BCUT2D eigenvalue weighted by atomic mass is 35.5. The second-order valence-corrected chi connectivity index (χ2v) is 5.08. The molecule has 0 saturated heterocycles. The van der Waals surface area contributed by atoms with Gasteiger partial charge in [0.2, 0.25) is 5.91 Å². The molecule has 0 aliphatic carbocycles. The van der Waals surface area contributed by atoms with Gasteiger partial charge >= 0.3 is 0 Å². The van der Waals surface area contributed by atoms with Gasteiger partial charge in [0.05, 0.1) is 6.42 Å². The van der Waals surface area contributed by atoms with Crippen LogP contribution in [0.15, 0.2) is 36.4 Å². The van der Waals surface area contributed by atoms with Crippen LogP contribution in [0, 0.1) is 0 Å². The molecule has 2 rings (SSSR count). The standard InChI is InChI=1S/C14H11Cl2NO3/c15-9-5-10(16)7-11(6-9)17-14(20)4-8-1-2-12(18)13(19)3-8/h1-3,5-7,18-19H,4H2,(H,17,20). The van der Waals surface area contributed by atoms with Crippen LogP contribution >= 0.6 is 23.2 Å². The van der Waals surface area contributed by atoms with Gasteiger partial charge in [0.15, 0.2) is 11.5 Å². The number of halogens is 2. The molecule has 0 bridgehead atoms. The second kappa shape index (κ2) is 6.03. The highest BCUT2D eigenvalue weighted by molar-refractivity contribution is 6.35. The molecule has 0 fully saturated rings. The minimum absolute atomic E-state index is 0.0535. The number of phenols is 2. The lowest BCUT2D eigenvalue weighted by Crippen LogP contribution is -2.14. The Labute approximate surface area is 125 Å². The molecule has 2 aromatic rings. The zero-order chi connectivity index (χ0) is 14.7. The van der Waals surface area contributed by atoms with Crippen molar-refractivity contribution in [3.05, 3.63) is 52.0 Å². The van der Waals surface area contributed by atoms with Gasteiger partial charge in [-0.15, -0.1) is 0 Å². The normalized spacial score (nSPS) is 10.3. The fraction of sp³-hybridized carbons (Fsp3) is 0.0714. The summed E-state index contributed by atoms with van der Waals surface area (Å²) in [6, 6.07) is 8.95. The molecule has 0 atom stereocenters. The summed E-state index contributed by atoms with van der Waals surface area (Å²) in [6.07, 6.45) is 0.0535. The van der Waals surface area contributed by atoms with Gasteiger partial charge in [-0.2, -0.15) is 0 Å². The third kappa shape index (κ3) is 3.79. The van der Waals surface area contributed by atoms with Crippen molar-refractivity contribution in [2.24, 2.45) is 0 Å². The molecule has 20 heavy (non-hydrogen) atoms. The number of rotatable bonds is 3. The molecule has 0 saturated carbocycles. The molecule has 1 amide bonds. The molecule has 0 unspecified atom stereocenters. The average molecular weight is 312 g/mol. The summed E-state index contributed by atoms with van der Waals surface area (Å²) in [5.74, 6) is -0.773. The lowest BCUT2D eigenvalue weighted by atomic mass is 10.1. The number of carbonyl (C=O) groups is 1. The number of carbonyl (C=O) groups excluding carboxylic acids is 1. The van der Waals surface area contributed by atoms with Crippen molar-refractivity contribution in [1.29, 1.82) is 0 Å². The smallest absolute Gasteiger partial charge is 0.228 e. The van der Waals surface area contributed by atoms with Gasteiger partial charge in [-0.1, -0.05) is 29.3 Å². The van der Waals surface area contributed by atoms with Crippen LogP contribution < -0.4 is 5.32 Å². The van der Waals surface area contributed by atoms with Crippen LogP contribution in [0.2, 0.25) is 10.0 Å². The van der Waals surface area contributed by atoms with E-state index in [1.807, 2.05) is 0 Å². The van der Waals surface area contributed by atoms with Crippen LogP contribution in [0.5, 0.6) is 11.5 Å². The van der Waals surface area contributed by atoms with Crippen molar-refractivity contribution in [3.8, 4) is 11.5 Å². The summed E-state index contributed by atoms with van der Waals surface area (Å²) < 4.78 is 0. The zero-order valence-electron chi connectivity index (χ0n) is 10.2. The Morgan fingerprint density at radius 1 is 1.00 bits per heavy atom. The summed E-state index contributed by atoms with van der Waals surface area (Å²) in [6.45, 7) is 0. The van der Waals surface area contributed by atoms with Crippen LogP contribution in [0.4, 0.5) is 5.69 Å². The molecule has 0 heterocycles. The largest absolute Gasteiger partial charge is 0.504 e. The van der Waals surface area contributed by atoms with Gasteiger partial charge in [-0.25, -0.2) is 0 Å². The van der Waals surface area contributed by atoms with E-state index in [-0.39, 0.29) is 23.8 Å². The van der Waals surface area contributed by atoms with Gasteiger partial charge in [-0.3, -0.25) is 4.79 Å². The molecule has 3 N–H and O–H groups in total. The Balaban J connectivity index is 2.06. The highest BCUT2D eigenvalue weighted by Gasteiger charge is 2.08. The van der Waals surface area contributed by atoms with Gasteiger partial charge in [0.25, 0.3) is 0 Å². The summed E-state index contributed by atoms with van der Waals surface area (Å²) in [5.41, 5.74) is 1.07. The van der Waals surface area contributed by atoms with Crippen LogP contribution in [-0.2, 0) is 11.2 Å². The SMILES string of the molecule is O=C(Cc1ccc(O)c(O)c1)Nc1cc(Cl)cc(Cl)c1.